The van der Waals surface area contributed by atoms with E-state index in [1.54, 1.807) is 36.4 Å². The monoisotopic (exact) mass is 451 g/mol. The van der Waals surface area contributed by atoms with Crippen molar-refractivity contribution < 1.29 is 22.7 Å². The second kappa shape index (κ2) is 7.62. The molecular formula is C25H17F4N3O. The maximum absolute atomic E-state index is 13.6. The van der Waals surface area contributed by atoms with E-state index in [4.69, 9.17) is 10.4 Å². The van der Waals surface area contributed by atoms with Crippen LogP contribution in [0.4, 0.5) is 23.2 Å². The molecule has 5 rings (SSSR count). The minimum Gasteiger partial charge on any atom is -0.508 e. The number of anilines is 1. The number of aromatic hydroxyl groups is 1. The Bertz CT molecular complexity index is 1310. The number of hydrogen-bond acceptors (Lipinski definition) is 4. The first-order valence-corrected chi connectivity index (χ1v) is 10.3. The van der Waals surface area contributed by atoms with Gasteiger partial charge in [0.1, 0.15) is 11.6 Å². The summed E-state index contributed by atoms with van der Waals surface area (Å²) in [5, 5.41) is 25.3. The first kappa shape index (κ1) is 21.0. The molecule has 166 valence electrons. The van der Waals surface area contributed by atoms with Crippen molar-refractivity contribution in [2.75, 3.05) is 5.01 Å². The van der Waals surface area contributed by atoms with Crippen molar-refractivity contribution in [3.05, 3.63) is 94.3 Å². The smallest absolute Gasteiger partial charge is 0.417 e. The molecule has 0 radical (unpaired) electrons. The highest BCUT2D eigenvalue weighted by Crippen LogP contribution is 2.46. The zero-order valence-electron chi connectivity index (χ0n) is 17.1. The summed E-state index contributed by atoms with van der Waals surface area (Å²) in [5.41, 5.74) is 1.89. The molecule has 1 aliphatic heterocycles. The van der Waals surface area contributed by atoms with Gasteiger partial charge in [-0.2, -0.15) is 23.5 Å². The molecule has 2 aliphatic rings. The average Bonchev–Trinajstić information content (AvgIpc) is 3.18. The van der Waals surface area contributed by atoms with Gasteiger partial charge in [0.15, 0.2) is 0 Å². The summed E-state index contributed by atoms with van der Waals surface area (Å²) < 4.78 is 54.5. The van der Waals surface area contributed by atoms with Crippen LogP contribution in [0.1, 0.15) is 40.3 Å². The molecule has 1 N–H and O–H groups in total. The van der Waals surface area contributed by atoms with Crippen molar-refractivity contribution in [2.45, 2.75) is 25.1 Å². The normalized spacial score (nSPS) is 19.5. The van der Waals surface area contributed by atoms with Crippen LogP contribution in [0.3, 0.4) is 0 Å². The number of halogens is 4. The molecule has 0 fully saturated rings. The van der Waals surface area contributed by atoms with Gasteiger partial charge in [-0.05, 0) is 72.5 Å². The molecule has 1 heterocycles. The Hall–Kier alpha value is -3.86. The van der Waals surface area contributed by atoms with E-state index in [0.29, 0.717) is 18.6 Å². The molecule has 1 aliphatic carbocycles. The van der Waals surface area contributed by atoms with Crippen LogP contribution in [-0.2, 0) is 12.6 Å². The lowest BCUT2D eigenvalue weighted by molar-refractivity contribution is -0.137. The maximum atomic E-state index is 13.6. The van der Waals surface area contributed by atoms with Gasteiger partial charge < -0.3 is 5.11 Å². The number of alkyl halides is 3. The fraction of sp³-hybridized carbons (Fsp3) is 0.200. The minimum atomic E-state index is -4.70. The van der Waals surface area contributed by atoms with Crippen molar-refractivity contribution in [2.24, 2.45) is 11.0 Å². The molecule has 2 unspecified atom stereocenters. The highest BCUT2D eigenvalue weighted by molar-refractivity contribution is 6.07. The molecular weight excluding hydrogens is 434 g/mol. The summed E-state index contributed by atoms with van der Waals surface area (Å²) in [5.74, 6) is -0.413. The number of hydrazone groups is 1. The molecule has 3 aromatic rings. The van der Waals surface area contributed by atoms with Crippen molar-refractivity contribution in [3.63, 3.8) is 0 Å². The first-order valence-electron chi connectivity index (χ1n) is 10.3. The van der Waals surface area contributed by atoms with Crippen molar-refractivity contribution in [1.29, 1.82) is 5.26 Å². The molecule has 2 atom stereocenters. The third-order valence-electron chi connectivity index (χ3n) is 6.21. The highest BCUT2D eigenvalue weighted by atomic mass is 19.4. The summed E-state index contributed by atoms with van der Waals surface area (Å²) in [6.45, 7) is 0. The van der Waals surface area contributed by atoms with Gasteiger partial charge in [0, 0.05) is 11.5 Å². The summed E-state index contributed by atoms with van der Waals surface area (Å²) in [6.07, 6.45) is -3.37. The number of fused-ring (bicyclic) bond motifs is 3. The molecule has 3 aromatic carbocycles. The van der Waals surface area contributed by atoms with Crippen LogP contribution in [-0.4, -0.2) is 10.8 Å². The Morgan fingerprint density at radius 2 is 1.79 bits per heavy atom. The number of rotatable bonds is 2. The van der Waals surface area contributed by atoms with E-state index in [9.17, 15) is 22.7 Å². The summed E-state index contributed by atoms with van der Waals surface area (Å²) >= 11 is 0. The van der Waals surface area contributed by atoms with E-state index in [2.05, 4.69) is 0 Å². The Morgan fingerprint density at radius 3 is 2.48 bits per heavy atom. The largest absolute Gasteiger partial charge is 0.508 e. The molecule has 0 saturated heterocycles. The fourth-order valence-corrected chi connectivity index (χ4v) is 4.73. The highest BCUT2D eigenvalue weighted by Gasteiger charge is 2.43. The Labute approximate surface area is 187 Å². The lowest BCUT2D eigenvalue weighted by Crippen LogP contribution is -2.29. The third kappa shape index (κ3) is 3.59. The van der Waals surface area contributed by atoms with Gasteiger partial charge in [-0.15, -0.1) is 0 Å². The van der Waals surface area contributed by atoms with Crippen LogP contribution in [0.25, 0.3) is 0 Å². The molecule has 0 saturated carbocycles. The standard InChI is InChI=1S/C25H17F4N3O/c26-17-5-1-14(2-6-17)24-21-9-4-15-11-19(33)8-10-20(15)23(21)31-32(24)18-7-3-16(13-30)22(12-18)25(27,28)29/h1-3,5-8,10-12,21,24,33H,4,9H2. The van der Waals surface area contributed by atoms with Gasteiger partial charge in [-0.3, -0.25) is 5.01 Å². The number of aryl methyl sites for hydroxylation is 1. The number of phenolic OH excluding ortho intramolecular Hbond substituents is 1. The minimum absolute atomic E-state index is 0.139. The lowest BCUT2D eigenvalue weighted by Gasteiger charge is -2.31. The Morgan fingerprint density at radius 1 is 1.03 bits per heavy atom. The Balaban J connectivity index is 1.68. The van der Waals surface area contributed by atoms with Crippen LogP contribution in [0.15, 0.2) is 65.8 Å². The van der Waals surface area contributed by atoms with Crippen LogP contribution in [0.5, 0.6) is 5.75 Å². The Kier molecular flexibility index (Phi) is 4.85. The second-order valence-electron chi connectivity index (χ2n) is 8.15. The first-order chi connectivity index (χ1) is 15.8. The van der Waals surface area contributed by atoms with E-state index < -0.39 is 29.2 Å². The molecule has 8 heteroatoms. The van der Waals surface area contributed by atoms with E-state index >= 15 is 0 Å². The van der Waals surface area contributed by atoms with Crippen molar-refractivity contribution >= 4 is 11.4 Å². The van der Waals surface area contributed by atoms with Crippen molar-refractivity contribution in [1.82, 2.24) is 0 Å². The molecule has 33 heavy (non-hydrogen) atoms. The van der Waals surface area contributed by atoms with Gasteiger partial charge >= 0.3 is 6.18 Å². The number of nitrogens with zero attached hydrogens (tertiary/aromatic N) is 3. The van der Waals surface area contributed by atoms with E-state index in [1.165, 1.54) is 23.2 Å². The molecule has 4 nitrogen and oxygen atoms in total. The lowest BCUT2D eigenvalue weighted by atomic mass is 9.77. The number of hydrogen-bond donors (Lipinski definition) is 1. The predicted octanol–water partition coefficient (Wildman–Crippen LogP) is 5.95. The van der Waals surface area contributed by atoms with Crippen LogP contribution < -0.4 is 5.01 Å². The van der Waals surface area contributed by atoms with E-state index in [0.717, 1.165) is 28.8 Å². The zero-order valence-corrected chi connectivity index (χ0v) is 17.1. The topological polar surface area (TPSA) is 59.6 Å². The molecule has 0 aromatic heterocycles. The predicted molar refractivity (Wildman–Crippen MR) is 114 cm³/mol. The van der Waals surface area contributed by atoms with Gasteiger partial charge in [0.25, 0.3) is 0 Å². The van der Waals surface area contributed by atoms with E-state index in [-0.39, 0.29) is 17.4 Å². The van der Waals surface area contributed by atoms with Gasteiger partial charge in [-0.25, -0.2) is 4.39 Å². The van der Waals surface area contributed by atoms with Crippen LogP contribution in [0, 0.1) is 23.1 Å². The summed E-state index contributed by atoms with van der Waals surface area (Å²) in [7, 11) is 0. The molecule has 0 spiro atoms. The quantitative estimate of drug-likeness (QED) is 0.490. The summed E-state index contributed by atoms with van der Waals surface area (Å²) in [4.78, 5) is 0. The second-order valence-corrected chi connectivity index (χ2v) is 8.15. The van der Waals surface area contributed by atoms with E-state index in [1.807, 2.05) is 0 Å². The SMILES string of the molecule is N#Cc1ccc(N2N=C3c4ccc(O)cc4CCC3C2c2ccc(F)cc2)cc1C(F)(F)F. The van der Waals surface area contributed by atoms with Gasteiger partial charge in [0.05, 0.1) is 34.6 Å². The third-order valence-corrected chi connectivity index (χ3v) is 6.21. The number of benzene rings is 3. The van der Waals surface area contributed by atoms with Gasteiger partial charge in [-0.1, -0.05) is 12.1 Å². The van der Waals surface area contributed by atoms with Crippen LogP contribution in [0.2, 0.25) is 0 Å². The maximum Gasteiger partial charge on any atom is 0.417 e. The van der Waals surface area contributed by atoms with Crippen LogP contribution >= 0.6 is 0 Å². The zero-order chi connectivity index (χ0) is 23.3. The molecule has 0 amide bonds. The van der Waals surface area contributed by atoms with Crippen molar-refractivity contribution in [3.8, 4) is 11.8 Å². The molecule has 0 bridgehead atoms. The number of phenols is 1. The fourth-order valence-electron chi connectivity index (χ4n) is 4.73. The average molecular weight is 451 g/mol. The van der Waals surface area contributed by atoms with Gasteiger partial charge in [0.2, 0.25) is 0 Å². The number of nitriles is 1. The summed E-state index contributed by atoms with van der Waals surface area (Å²) in [6, 6.07) is 15.6.